The second-order valence-electron chi connectivity index (χ2n) is 3.46. The van der Waals surface area contributed by atoms with E-state index in [2.05, 4.69) is 4.99 Å². The van der Waals surface area contributed by atoms with Gasteiger partial charge in [0, 0.05) is 17.8 Å². The molecule has 0 aliphatic heterocycles. The number of amidine groups is 1. The van der Waals surface area contributed by atoms with Crippen LogP contribution in [-0.4, -0.2) is 27.1 Å². The van der Waals surface area contributed by atoms with Gasteiger partial charge in [0.1, 0.15) is 5.84 Å². The first-order valence-electron chi connectivity index (χ1n) is 5.07. The van der Waals surface area contributed by atoms with E-state index in [-0.39, 0.29) is 0 Å². The zero-order valence-corrected chi connectivity index (χ0v) is 10.8. The standard InChI is InChI=1S/C12H14N2O2S/c1-14-12(13)11-5-7-4-8(15-2)9(16-3)6-10(7)17-11/h4-6H,1-3H3,(H2,13,14). The number of hydrogen-bond acceptors (Lipinski definition) is 4. The Kier molecular flexibility index (Phi) is 3.19. The summed E-state index contributed by atoms with van der Waals surface area (Å²) < 4.78 is 11.6. The summed E-state index contributed by atoms with van der Waals surface area (Å²) in [5.74, 6) is 1.99. The van der Waals surface area contributed by atoms with Crippen LogP contribution in [0, 0.1) is 0 Å². The number of aliphatic imine (C=N–C) groups is 1. The Morgan fingerprint density at radius 2 is 1.82 bits per heavy atom. The highest BCUT2D eigenvalue weighted by Gasteiger charge is 2.10. The molecule has 1 heterocycles. The van der Waals surface area contributed by atoms with Crippen LogP contribution in [0.4, 0.5) is 0 Å². The van der Waals surface area contributed by atoms with Gasteiger partial charge in [0.2, 0.25) is 0 Å². The van der Waals surface area contributed by atoms with Gasteiger partial charge in [0.05, 0.1) is 19.1 Å². The lowest BCUT2D eigenvalue weighted by molar-refractivity contribution is 0.356. The quantitative estimate of drug-likeness (QED) is 0.671. The molecule has 2 rings (SSSR count). The van der Waals surface area contributed by atoms with Crippen LogP contribution in [0.5, 0.6) is 11.5 Å². The summed E-state index contributed by atoms with van der Waals surface area (Å²) in [4.78, 5) is 4.94. The van der Waals surface area contributed by atoms with Crippen molar-refractivity contribution >= 4 is 27.3 Å². The molecule has 0 fully saturated rings. The summed E-state index contributed by atoms with van der Waals surface area (Å²) in [5, 5.41) is 1.08. The summed E-state index contributed by atoms with van der Waals surface area (Å²) in [6.45, 7) is 0. The maximum absolute atomic E-state index is 5.80. The van der Waals surface area contributed by atoms with Crippen molar-refractivity contribution in [1.29, 1.82) is 0 Å². The van der Waals surface area contributed by atoms with Gasteiger partial charge in [-0.3, -0.25) is 4.99 Å². The third-order valence-electron chi connectivity index (χ3n) is 2.52. The minimum absolute atomic E-state index is 0.545. The van der Waals surface area contributed by atoms with E-state index in [9.17, 15) is 0 Å². The normalized spacial score (nSPS) is 11.8. The summed E-state index contributed by atoms with van der Waals surface area (Å²) in [7, 11) is 4.93. The first kappa shape index (κ1) is 11.7. The number of methoxy groups -OCH3 is 2. The van der Waals surface area contributed by atoms with Crippen LogP contribution in [-0.2, 0) is 0 Å². The third kappa shape index (κ3) is 2.06. The summed E-state index contributed by atoms with van der Waals surface area (Å²) in [5.41, 5.74) is 5.80. The van der Waals surface area contributed by atoms with Crippen molar-refractivity contribution in [3.63, 3.8) is 0 Å². The van der Waals surface area contributed by atoms with E-state index in [0.29, 0.717) is 5.84 Å². The molecule has 0 saturated heterocycles. The molecule has 0 radical (unpaired) electrons. The van der Waals surface area contributed by atoms with E-state index in [1.54, 1.807) is 32.6 Å². The molecule has 2 N–H and O–H groups in total. The van der Waals surface area contributed by atoms with Crippen LogP contribution in [0.2, 0.25) is 0 Å². The van der Waals surface area contributed by atoms with Crippen molar-refractivity contribution in [2.45, 2.75) is 0 Å². The van der Waals surface area contributed by atoms with Crippen molar-refractivity contribution in [2.75, 3.05) is 21.3 Å². The van der Waals surface area contributed by atoms with Crippen LogP contribution in [0.3, 0.4) is 0 Å². The van der Waals surface area contributed by atoms with Gasteiger partial charge in [0.25, 0.3) is 0 Å². The second kappa shape index (κ2) is 4.63. The molecule has 0 aliphatic carbocycles. The van der Waals surface area contributed by atoms with Gasteiger partial charge in [-0.05, 0) is 17.5 Å². The minimum atomic E-state index is 0.545. The van der Waals surface area contributed by atoms with E-state index in [1.807, 2.05) is 18.2 Å². The van der Waals surface area contributed by atoms with Gasteiger partial charge in [0.15, 0.2) is 11.5 Å². The topological polar surface area (TPSA) is 56.8 Å². The Bertz CT molecular complexity index is 534. The molecule has 0 aliphatic rings. The van der Waals surface area contributed by atoms with Crippen molar-refractivity contribution < 1.29 is 9.47 Å². The first-order chi connectivity index (χ1) is 8.19. The molecule has 2 aromatic rings. The molecule has 4 nitrogen and oxygen atoms in total. The van der Waals surface area contributed by atoms with E-state index < -0.39 is 0 Å². The summed E-state index contributed by atoms with van der Waals surface area (Å²) >= 11 is 1.59. The van der Waals surface area contributed by atoms with Crippen molar-refractivity contribution in [2.24, 2.45) is 10.7 Å². The van der Waals surface area contributed by atoms with Gasteiger partial charge >= 0.3 is 0 Å². The zero-order chi connectivity index (χ0) is 12.4. The molecule has 0 bridgehead atoms. The molecule has 1 aromatic carbocycles. The molecule has 0 saturated carbocycles. The number of nitrogens with two attached hydrogens (primary N) is 1. The molecule has 0 atom stereocenters. The highest BCUT2D eigenvalue weighted by Crippen LogP contribution is 2.36. The van der Waals surface area contributed by atoms with Crippen molar-refractivity contribution in [3.05, 3.63) is 23.1 Å². The predicted octanol–water partition coefficient (Wildman–Crippen LogP) is 2.25. The van der Waals surface area contributed by atoms with E-state index in [1.165, 1.54) is 0 Å². The predicted molar refractivity (Wildman–Crippen MR) is 71.6 cm³/mol. The van der Waals surface area contributed by atoms with E-state index in [0.717, 1.165) is 26.5 Å². The highest BCUT2D eigenvalue weighted by atomic mass is 32.1. The summed E-state index contributed by atoms with van der Waals surface area (Å²) in [6.07, 6.45) is 0. The van der Waals surface area contributed by atoms with Gasteiger partial charge in [-0.2, -0.15) is 0 Å². The average molecular weight is 250 g/mol. The van der Waals surface area contributed by atoms with Crippen LogP contribution in [0.1, 0.15) is 4.88 Å². The van der Waals surface area contributed by atoms with Crippen LogP contribution in [0.25, 0.3) is 10.1 Å². The number of nitrogens with zero attached hydrogens (tertiary/aromatic N) is 1. The average Bonchev–Trinajstić information content (AvgIpc) is 2.78. The smallest absolute Gasteiger partial charge is 0.162 e. The molecule has 0 spiro atoms. The number of benzene rings is 1. The number of fused-ring (bicyclic) bond motifs is 1. The number of hydrogen-bond donors (Lipinski definition) is 1. The van der Waals surface area contributed by atoms with Crippen molar-refractivity contribution in [3.8, 4) is 11.5 Å². The lowest BCUT2D eigenvalue weighted by Crippen LogP contribution is -2.10. The van der Waals surface area contributed by atoms with Crippen LogP contribution < -0.4 is 15.2 Å². The van der Waals surface area contributed by atoms with Crippen molar-refractivity contribution in [1.82, 2.24) is 0 Å². The molecule has 0 unspecified atom stereocenters. The summed E-state index contributed by atoms with van der Waals surface area (Å²) in [6, 6.07) is 5.90. The SMILES string of the molecule is CN=C(N)c1cc2cc(OC)c(OC)cc2s1. The first-order valence-corrected chi connectivity index (χ1v) is 5.89. The Balaban J connectivity index is 2.61. The lowest BCUT2D eigenvalue weighted by atomic mass is 10.2. The molecular formula is C12H14N2O2S. The van der Waals surface area contributed by atoms with Crippen LogP contribution in [0.15, 0.2) is 23.2 Å². The Morgan fingerprint density at radius 3 is 2.41 bits per heavy atom. The molecule has 1 aromatic heterocycles. The van der Waals surface area contributed by atoms with Gasteiger partial charge in [-0.1, -0.05) is 0 Å². The second-order valence-corrected chi connectivity index (χ2v) is 4.55. The van der Waals surface area contributed by atoms with E-state index in [4.69, 9.17) is 15.2 Å². The fraction of sp³-hybridized carbons (Fsp3) is 0.250. The molecular weight excluding hydrogens is 236 g/mol. The number of thiophene rings is 1. The molecule has 0 amide bonds. The minimum Gasteiger partial charge on any atom is -0.493 e. The molecule has 90 valence electrons. The van der Waals surface area contributed by atoms with E-state index >= 15 is 0 Å². The highest BCUT2D eigenvalue weighted by molar-refractivity contribution is 7.20. The zero-order valence-electron chi connectivity index (χ0n) is 9.98. The fourth-order valence-corrected chi connectivity index (χ4v) is 2.62. The largest absolute Gasteiger partial charge is 0.493 e. The maximum atomic E-state index is 5.80. The Hall–Kier alpha value is -1.75. The number of rotatable bonds is 3. The van der Waals surface area contributed by atoms with Gasteiger partial charge < -0.3 is 15.2 Å². The lowest BCUT2D eigenvalue weighted by Gasteiger charge is -2.06. The Labute approximate surface area is 104 Å². The third-order valence-corrected chi connectivity index (χ3v) is 3.64. The van der Waals surface area contributed by atoms with Gasteiger partial charge in [-0.15, -0.1) is 11.3 Å². The maximum Gasteiger partial charge on any atom is 0.162 e. The molecule has 17 heavy (non-hydrogen) atoms. The molecule has 5 heteroatoms. The Morgan fingerprint density at radius 1 is 1.18 bits per heavy atom. The monoisotopic (exact) mass is 250 g/mol. The van der Waals surface area contributed by atoms with Crippen LogP contribution >= 0.6 is 11.3 Å². The number of ether oxygens (including phenoxy) is 2. The van der Waals surface area contributed by atoms with Gasteiger partial charge in [-0.25, -0.2) is 0 Å². The fourth-order valence-electron chi connectivity index (χ4n) is 1.60.